The fourth-order valence-electron chi connectivity index (χ4n) is 0.471. The molecular weight excluding hydrogens is 122 g/mol. The van der Waals surface area contributed by atoms with Crippen molar-refractivity contribution in [3.05, 3.63) is 0 Å². The van der Waals surface area contributed by atoms with Crippen LogP contribution in [-0.4, -0.2) is 6.04 Å². The lowest BCUT2D eigenvalue weighted by molar-refractivity contribution is -0.431. The Balaban J connectivity index is 0. The van der Waals surface area contributed by atoms with Crippen molar-refractivity contribution in [2.24, 2.45) is 5.92 Å². The summed E-state index contributed by atoms with van der Waals surface area (Å²) in [5.74, 6) is 0.755. The molecule has 0 aliphatic carbocycles. The summed E-state index contributed by atoms with van der Waals surface area (Å²) in [7, 11) is 0. The van der Waals surface area contributed by atoms with Crippen LogP contribution in [0.25, 0.3) is 0 Å². The molecule has 0 bridgehead atoms. The standard InChI is InChI=1S/C6H15N.ClH/c1-4-6(7)5(2)3;/h5-6H,4,7H2,1-3H3;1H/t6-;/m1./s1. The number of quaternary nitrogens is 1. The van der Waals surface area contributed by atoms with Gasteiger partial charge in [0.1, 0.15) is 0 Å². The van der Waals surface area contributed by atoms with Gasteiger partial charge in [0.15, 0.2) is 0 Å². The predicted octanol–water partition coefficient (Wildman–Crippen LogP) is -2.33. The summed E-state index contributed by atoms with van der Waals surface area (Å²) in [5.41, 5.74) is 3.96. The Morgan fingerprint density at radius 1 is 1.38 bits per heavy atom. The minimum atomic E-state index is 0. The van der Waals surface area contributed by atoms with Gasteiger partial charge in [-0.25, -0.2) is 0 Å². The van der Waals surface area contributed by atoms with E-state index in [-0.39, 0.29) is 12.4 Å². The van der Waals surface area contributed by atoms with Crippen LogP contribution in [0, 0.1) is 5.92 Å². The fraction of sp³-hybridized carbons (Fsp3) is 1.00. The molecule has 0 saturated carbocycles. The van der Waals surface area contributed by atoms with Gasteiger partial charge in [0.25, 0.3) is 0 Å². The molecular formula is C6H16ClN. The van der Waals surface area contributed by atoms with Gasteiger partial charge in [0.2, 0.25) is 0 Å². The number of halogens is 1. The Kier molecular flexibility index (Phi) is 7.48. The highest BCUT2D eigenvalue weighted by Crippen LogP contribution is 1.97. The van der Waals surface area contributed by atoms with Crippen molar-refractivity contribution < 1.29 is 18.1 Å². The van der Waals surface area contributed by atoms with Gasteiger partial charge in [-0.05, 0) is 6.42 Å². The van der Waals surface area contributed by atoms with Gasteiger partial charge in [-0.3, -0.25) is 0 Å². The van der Waals surface area contributed by atoms with Gasteiger partial charge in [0.05, 0.1) is 6.04 Å². The van der Waals surface area contributed by atoms with Crippen LogP contribution in [0.4, 0.5) is 0 Å². The van der Waals surface area contributed by atoms with E-state index < -0.39 is 0 Å². The van der Waals surface area contributed by atoms with Gasteiger partial charge in [-0.2, -0.15) is 0 Å². The minimum Gasteiger partial charge on any atom is -1.00 e. The van der Waals surface area contributed by atoms with Gasteiger partial charge in [0, 0.05) is 5.92 Å². The molecule has 8 heavy (non-hydrogen) atoms. The Bertz CT molecular complexity index is 45.8. The molecule has 0 aromatic carbocycles. The van der Waals surface area contributed by atoms with E-state index in [0.717, 1.165) is 5.92 Å². The van der Waals surface area contributed by atoms with E-state index in [1.807, 2.05) is 0 Å². The lowest BCUT2D eigenvalue weighted by Crippen LogP contribution is -3.00. The quantitative estimate of drug-likeness (QED) is 0.442. The van der Waals surface area contributed by atoms with Gasteiger partial charge >= 0.3 is 0 Å². The minimum absolute atomic E-state index is 0. The van der Waals surface area contributed by atoms with Crippen LogP contribution in [0.15, 0.2) is 0 Å². The van der Waals surface area contributed by atoms with Gasteiger partial charge in [-0.1, -0.05) is 20.8 Å². The molecule has 0 aliphatic rings. The molecule has 0 heterocycles. The molecule has 1 atom stereocenters. The van der Waals surface area contributed by atoms with Crippen molar-refractivity contribution in [1.29, 1.82) is 0 Å². The summed E-state index contributed by atoms with van der Waals surface area (Å²) >= 11 is 0. The Labute approximate surface area is 58.1 Å². The first-order valence-electron chi connectivity index (χ1n) is 3.01. The molecule has 2 heteroatoms. The third-order valence-electron chi connectivity index (χ3n) is 1.47. The zero-order valence-electron chi connectivity index (χ0n) is 5.95. The molecule has 3 N–H and O–H groups in total. The Hall–Kier alpha value is 0.250. The average molecular weight is 138 g/mol. The first-order valence-corrected chi connectivity index (χ1v) is 3.01. The molecule has 0 rings (SSSR count). The normalized spacial score (nSPS) is 13.1. The van der Waals surface area contributed by atoms with Crippen molar-refractivity contribution in [2.75, 3.05) is 0 Å². The van der Waals surface area contributed by atoms with Crippen molar-refractivity contribution in [3.8, 4) is 0 Å². The number of hydrogen-bond donors (Lipinski definition) is 1. The smallest absolute Gasteiger partial charge is 0.0864 e. The van der Waals surface area contributed by atoms with Crippen LogP contribution >= 0.6 is 0 Å². The van der Waals surface area contributed by atoms with Gasteiger partial charge in [-0.15, -0.1) is 0 Å². The first kappa shape index (κ1) is 11.1. The molecule has 1 nitrogen and oxygen atoms in total. The van der Waals surface area contributed by atoms with E-state index in [2.05, 4.69) is 26.5 Å². The molecule has 0 saturated heterocycles. The molecule has 0 aromatic rings. The lowest BCUT2D eigenvalue weighted by Gasteiger charge is -2.07. The molecule has 0 aromatic heterocycles. The zero-order valence-corrected chi connectivity index (χ0v) is 6.70. The van der Waals surface area contributed by atoms with Crippen LogP contribution in [0.2, 0.25) is 0 Å². The highest BCUT2D eigenvalue weighted by molar-refractivity contribution is 4.52. The molecule has 0 fully saturated rings. The molecule has 0 spiro atoms. The topological polar surface area (TPSA) is 27.6 Å². The number of rotatable bonds is 2. The van der Waals surface area contributed by atoms with Crippen LogP contribution in [-0.2, 0) is 0 Å². The van der Waals surface area contributed by atoms with Crippen molar-refractivity contribution in [1.82, 2.24) is 0 Å². The molecule has 0 radical (unpaired) electrons. The van der Waals surface area contributed by atoms with Crippen LogP contribution in [0.5, 0.6) is 0 Å². The summed E-state index contributed by atoms with van der Waals surface area (Å²) in [6.45, 7) is 6.60. The zero-order chi connectivity index (χ0) is 5.86. The van der Waals surface area contributed by atoms with Crippen LogP contribution < -0.4 is 18.1 Å². The van der Waals surface area contributed by atoms with Crippen molar-refractivity contribution in [3.63, 3.8) is 0 Å². The fourth-order valence-corrected chi connectivity index (χ4v) is 0.471. The van der Waals surface area contributed by atoms with E-state index in [9.17, 15) is 0 Å². The molecule has 52 valence electrons. The SMILES string of the molecule is CC[C@@H]([NH3+])C(C)C.[Cl-]. The van der Waals surface area contributed by atoms with Crippen LogP contribution in [0.1, 0.15) is 27.2 Å². The summed E-state index contributed by atoms with van der Waals surface area (Å²) in [6.07, 6.45) is 1.21. The predicted molar refractivity (Wildman–Crippen MR) is 31.8 cm³/mol. The summed E-state index contributed by atoms with van der Waals surface area (Å²) in [6, 6.07) is 0.653. The molecule has 0 amide bonds. The average Bonchev–Trinajstić information content (AvgIpc) is 1.65. The van der Waals surface area contributed by atoms with Crippen molar-refractivity contribution >= 4 is 0 Å². The lowest BCUT2D eigenvalue weighted by atomic mass is 10.0. The van der Waals surface area contributed by atoms with E-state index in [1.54, 1.807) is 0 Å². The second-order valence-corrected chi connectivity index (χ2v) is 2.41. The highest BCUT2D eigenvalue weighted by Gasteiger charge is 2.05. The highest BCUT2D eigenvalue weighted by atomic mass is 35.5. The van der Waals surface area contributed by atoms with E-state index in [0.29, 0.717) is 6.04 Å². The summed E-state index contributed by atoms with van der Waals surface area (Å²) in [4.78, 5) is 0. The summed E-state index contributed by atoms with van der Waals surface area (Å²) < 4.78 is 0. The van der Waals surface area contributed by atoms with Crippen molar-refractivity contribution in [2.45, 2.75) is 33.2 Å². The van der Waals surface area contributed by atoms with Gasteiger partial charge < -0.3 is 18.1 Å². The largest absolute Gasteiger partial charge is 1.00 e. The monoisotopic (exact) mass is 137 g/mol. The van der Waals surface area contributed by atoms with E-state index >= 15 is 0 Å². The number of hydrogen-bond acceptors (Lipinski definition) is 0. The van der Waals surface area contributed by atoms with Crippen LogP contribution in [0.3, 0.4) is 0 Å². The Morgan fingerprint density at radius 2 is 1.75 bits per heavy atom. The second-order valence-electron chi connectivity index (χ2n) is 2.41. The first-order chi connectivity index (χ1) is 3.18. The third-order valence-corrected chi connectivity index (χ3v) is 1.47. The third kappa shape index (κ3) is 4.41. The maximum Gasteiger partial charge on any atom is 0.0864 e. The molecule has 0 unspecified atom stereocenters. The molecule has 0 aliphatic heterocycles. The van der Waals surface area contributed by atoms with E-state index in [4.69, 9.17) is 0 Å². The second kappa shape index (κ2) is 5.39. The maximum atomic E-state index is 3.96. The summed E-state index contributed by atoms with van der Waals surface area (Å²) in [5, 5.41) is 0. The van der Waals surface area contributed by atoms with E-state index in [1.165, 1.54) is 6.42 Å². The Morgan fingerprint density at radius 3 is 1.75 bits per heavy atom. The maximum absolute atomic E-state index is 3.96.